The van der Waals surface area contributed by atoms with Gasteiger partial charge in [-0.25, -0.2) is 0 Å². The lowest BCUT2D eigenvalue weighted by atomic mass is 9.98. The Labute approximate surface area is 91.2 Å². The van der Waals surface area contributed by atoms with Gasteiger partial charge in [0, 0.05) is 6.04 Å². The predicted octanol–water partition coefficient (Wildman–Crippen LogP) is 2.34. The maximum absolute atomic E-state index is 5.90. The van der Waals surface area contributed by atoms with Gasteiger partial charge in [0.25, 0.3) is 0 Å². The molecule has 0 saturated heterocycles. The second-order valence-electron chi connectivity index (χ2n) is 3.76. The summed E-state index contributed by atoms with van der Waals surface area (Å²) in [7, 11) is 3.30. The molecule has 1 aromatic rings. The van der Waals surface area contributed by atoms with Gasteiger partial charge in [-0.15, -0.1) is 0 Å². The van der Waals surface area contributed by atoms with E-state index in [9.17, 15) is 0 Å². The summed E-state index contributed by atoms with van der Waals surface area (Å²) < 4.78 is 10.7. The largest absolute Gasteiger partial charge is 0.493 e. The van der Waals surface area contributed by atoms with Crippen molar-refractivity contribution < 1.29 is 9.47 Å². The summed E-state index contributed by atoms with van der Waals surface area (Å²) in [5.41, 5.74) is 9.10. The molecule has 0 bridgehead atoms. The van der Waals surface area contributed by atoms with Crippen LogP contribution in [0.15, 0.2) is 6.07 Å². The summed E-state index contributed by atoms with van der Waals surface area (Å²) in [6, 6.07) is 2.06. The van der Waals surface area contributed by atoms with Crippen molar-refractivity contribution in [3.05, 3.63) is 22.8 Å². The van der Waals surface area contributed by atoms with Crippen molar-refractivity contribution in [3.63, 3.8) is 0 Å². The number of hydrogen-bond acceptors (Lipinski definition) is 3. The minimum atomic E-state index is 0.00325. The first-order valence-corrected chi connectivity index (χ1v) is 5.00. The van der Waals surface area contributed by atoms with Gasteiger partial charge < -0.3 is 15.2 Å². The summed E-state index contributed by atoms with van der Waals surface area (Å²) >= 11 is 0. The van der Waals surface area contributed by atoms with Crippen LogP contribution in [0.4, 0.5) is 0 Å². The lowest BCUT2D eigenvalue weighted by molar-refractivity contribution is 0.350. The van der Waals surface area contributed by atoms with Gasteiger partial charge in [-0.2, -0.15) is 0 Å². The van der Waals surface area contributed by atoms with E-state index in [0.29, 0.717) is 0 Å². The lowest BCUT2D eigenvalue weighted by Crippen LogP contribution is -2.09. The molecule has 0 aliphatic heterocycles. The Morgan fingerprint density at radius 2 is 1.67 bits per heavy atom. The Hall–Kier alpha value is -1.22. The van der Waals surface area contributed by atoms with E-state index in [1.54, 1.807) is 14.2 Å². The highest BCUT2D eigenvalue weighted by Gasteiger charge is 2.16. The van der Waals surface area contributed by atoms with Crippen LogP contribution in [0.2, 0.25) is 0 Å². The number of rotatable bonds is 3. The van der Waals surface area contributed by atoms with Crippen LogP contribution in [0, 0.1) is 13.8 Å². The van der Waals surface area contributed by atoms with Gasteiger partial charge in [-0.1, -0.05) is 6.07 Å². The van der Waals surface area contributed by atoms with Crippen LogP contribution in [-0.4, -0.2) is 14.2 Å². The van der Waals surface area contributed by atoms with Crippen LogP contribution >= 0.6 is 0 Å². The van der Waals surface area contributed by atoms with Crippen molar-refractivity contribution in [2.45, 2.75) is 26.8 Å². The van der Waals surface area contributed by atoms with Gasteiger partial charge in [-0.3, -0.25) is 0 Å². The van der Waals surface area contributed by atoms with Crippen LogP contribution in [-0.2, 0) is 0 Å². The third-order valence-corrected chi connectivity index (χ3v) is 2.61. The van der Waals surface area contributed by atoms with Crippen molar-refractivity contribution in [2.75, 3.05) is 14.2 Å². The molecule has 0 heterocycles. The number of methoxy groups -OCH3 is 2. The van der Waals surface area contributed by atoms with E-state index in [1.165, 1.54) is 0 Å². The van der Waals surface area contributed by atoms with Crippen LogP contribution in [0.1, 0.15) is 29.7 Å². The lowest BCUT2D eigenvalue weighted by Gasteiger charge is -2.18. The van der Waals surface area contributed by atoms with Gasteiger partial charge in [0.15, 0.2) is 11.5 Å². The molecule has 0 amide bonds. The molecule has 1 aromatic carbocycles. The highest BCUT2D eigenvalue weighted by atomic mass is 16.5. The first-order valence-electron chi connectivity index (χ1n) is 5.00. The molecule has 0 radical (unpaired) electrons. The maximum atomic E-state index is 5.90. The van der Waals surface area contributed by atoms with E-state index in [0.717, 1.165) is 28.2 Å². The van der Waals surface area contributed by atoms with E-state index in [-0.39, 0.29) is 6.04 Å². The summed E-state index contributed by atoms with van der Waals surface area (Å²) in [6.45, 7) is 5.96. The minimum absolute atomic E-state index is 0.00325. The van der Waals surface area contributed by atoms with Crippen molar-refractivity contribution >= 4 is 0 Å². The van der Waals surface area contributed by atoms with Gasteiger partial charge in [0.05, 0.1) is 14.2 Å². The molecule has 0 saturated carbocycles. The average molecular weight is 209 g/mol. The molecule has 84 valence electrons. The van der Waals surface area contributed by atoms with Crippen LogP contribution < -0.4 is 15.2 Å². The third-order valence-electron chi connectivity index (χ3n) is 2.61. The molecule has 2 N–H and O–H groups in total. The molecule has 1 rings (SSSR count). The zero-order valence-electron chi connectivity index (χ0n) is 10.0. The monoisotopic (exact) mass is 209 g/mol. The van der Waals surface area contributed by atoms with Gasteiger partial charge >= 0.3 is 0 Å². The van der Waals surface area contributed by atoms with Crippen LogP contribution in [0.5, 0.6) is 11.5 Å². The van der Waals surface area contributed by atoms with E-state index < -0.39 is 0 Å². The quantitative estimate of drug-likeness (QED) is 0.831. The third kappa shape index (κ3) is 2.07. The fourth-order valence-corrected chi connectivity index (χ4v) is 1.86. The van der Waals surface area contributed by atoms with E-state index in [4.69, 9.17) is 15.2 Å². The van der Waals surface area contributed by atoms with Crippen LogP contribution in [0.3, 0.4) is 0 Å². The van der Waals surface area contributed by atoms with Crippen molar-refractivity contribution in [3.8, 4) is 11.5 Å². The molecule has 15 heavy (non-hydrogen) atoms. The zero-order valence-corrected chi connectivity index (χ0v) is 10.0. The summed E-state index contributed by atoms with van der Waals surface area (Å²) in [6.07, 6.45) is 0. The number of hydrogen-bond donors (Lipinski definition) is 1. The zero-order chi connectivity index (χ0) is 11.6. The smallest absolute Gasteiger partial charge is 0.164 e. The molecule has 1 unspecified atom stereocenters. The predicted molar refractivity (Wildman–Crippen MR) is 61.6 cm³/mol. The molecule has 0 aromatic heterocycles. The molecule has 3 nitrogen and oxygen atoms in total. The fourth-order valence-electron chi connectivity index (χ4n) is 1.86. The molecule has 0 spiro atoms. The Kier molecular flexibility index (Phi) is 3.58. The standard InChI is InChI=1S/C12H19NO2/c1-7-6-10(9(3)13)8(2)12(15-5)11(7)14-4/h6,9H,13H2,1-5H3. The Balaban J connectivity index is 3.44. The molecule has 0 fully saturated rings. The molecular weight excluding hydrogens is 190 g/mol. The second-order valence-corrected chi connectivity index (χ2v) is 3.76. The van der Waals surface area contributed by atoms with Crippen molar-refractivity contribution in [1.82, 2.24) is 0 Å². The SMILES string of the molecule is COc1c(C)cc(C(C)N)c(C)c1OC. The number of nitrogens with two attached hydrogens (primary N) is 1. The van der Waals surface area contributed by atoms with E-state index in [2.05, 4.69) is 6.07 Å². The van der Waals surface area contributed by atoms with Crippen molar-refractivity contribution in [1.29, 1.82) is 0 Å². The highest BCUT2D eigenvalue weighted by Crippen LogP contribution is 2.37. The van der Waals surface area contributed by atoms with Crippen molar-refractivity contribution in [2.24, 2.45) is 5.73 Å². The normalized spacial score (nSPS) is 12.4. The Morgan fingerprint density at radius 3 is 2.07 bits per heavy atom. The fraction of sp³-hybridized carbons (Fsp3) is 0.500. The van der Waals surface area contributed by atoms with Gasteiger partial charge in [-0.05, 0) is 37.5 Å². The summed E-state index contributed by atoms with van der Waals surface area (Å²) in [5, 5.41) is 0. The maximum Gasteiger partial charge on any atom is 0.164 e. The average Bonchev–Trinajstić information content (AvgIpc) is 2.19. The van der Waals surface area contributed by atoms with Crippen LogP contribution in [0.25, 0.3) is 0 Å². The summed E-state index contributed by atoms with van der Waals surface area (Å²) in [4.78, 5) is 0. The Bertz CT molecular complexity index is 359. The van der Waals surface area contributed by atoms with E-state index >= 15 is 0 Å². The van der Waals surface area contributed by atoms with E-state index in [1.807, 2.05) is 20.8 Å². The molecular formula is C12H19NO2. The highest BCUT2D eigenvalue weighted by molar-refractivity contribution is 5.55. The van der Waals surface area contributed by atoms with Gasteiger partial charge in [0.2, 0.25) is 0 Å². The Morgan fingerprint density at radius 1 is 1.13 bits per heavy atom. The molecule has 0 aliphatic rings. The van der Waals surface area contributed by atoms with Gasteiger partial charge in [0.1, 0.15) is 0 Å². The second kappa shape index (κ2) is 4.53. The number of aryl methyl sites for hydroxylation is 1. The topological polar surface area (TPSA) is 44.5 Å². The summed E-state index contributed by atoms with van der Waals surface area (Å²) in [5.74, 6) is 1.57. The molecule has 1 atom stereocenters. The number of ether oxygens (including phenoxy) is 2. The first-order chi connectivity index (χ1) is 7.02. The molecule has 3 heteroatoms. The molecule has 0 aliphatic carbocycles. The first kappa shape index (κ1) is 11.9. The minimum Gasteiger partial charge on any atom is -0.493 e. The number of benzene rings is 1.